The van der Waals surface area contributed by atoms with Crippen LogP contribution >= 0.6 is 0 Å². The second-order valence-corrected chi connectivity index (χ2v) is 11.1. The third-order valence-corrected chi connectivity index (χ3v) is 7.54. The molecule has 0 radical (unpaired) electrons. The number of aryl methyl sites for hydroxylation is 1. The van der Waals surface area contributed by atoms with E-state index in [1.807, 2.05) is 116 Å². The zero-order chi connectivity index (χ0) is 31.3. The lowest BCUT2D eigenvalue weighted by atomic mass is 9.93. The van der Waals surface area contributed by atoms with Gasteiger partial charge in [-0.2, -0.15) is 0 Å². The van der Waals surface area contributed by atoms with Crippen LogP contribution in [0.5, 0.6) is 0 Å². The largest absolute Gasteiger partial charge is 0.481 e. The third kappa shape index (κ3) is 9.12. The molecule has 2 amide bonds. The van der Waals surface area contributed by atoms with Crippen molar-refractivity contribution in [2.45, 2.75) is 25.8 Å². The SMILES string of the molecule is CN(C)CCN(Cc1ccccc1)C(=O)c1ccccc1-c1ccccc1C(=O)N(CCCc1ccccc1)CCC(=O)O. The van der Waals surface area contributed by atoms with Crippen molar-refractivity contribution in [1.82, 2.24) is 14.7 Å². The summed E-state index contributed by atoms with van der Waals surface area (Å²) in [5.41, 5.74) is 4.49. The number of carbonyl (C=O) groups is 3. The molecule has 7 nitrogen and oxygen atoms in total. The summed E-state index contributed by atoms with van der Waals surface area (Å²) < 4.78 is 0. The van der Waals surface area contributed by atoms with Crippen molar-refractivity contribution in [2.24, 2.45) is 0 Å². The number of hydrogen-bond donors (Lipinski definition) is 1. The molecule has 7 heteroatoms. The molecule has 4 aromatic carbocycles. The standard InChI is InChI=1S/C37H41N3O4/c1-38(2)26-27-40(28-30-16-7-4-8-17-30)37(44)34-22-12-10-20-32(34)31-19-9-11-21-33(31)36(43)39(25-23-35(41)42)24-13-18-29-14-5-3-6-15-29/h3-12,14-17,19-22H,13,18,23-28H2,1-2H3,(H,41,42). The number of carboxylic acids is 1. The highest BCUT2D eigenvalue weighted by Crippen LogP contribution is 2.30. The summed E-state index contributed by atoms with van der Waals surface area (Å²) in [5, 5.41) is 9.40. The van der Waals surface area contributed by atoms with Gasteiger partial charge in [-0.25, -0.2) is 0 Å². The summed E-state index contributed by atoms with van der Waals surface area (Å²) in [6.45, 7) is 2.24. The van der Waals surface area contributed by atoms with Gasteiger partial charge in [0.15, 0.2) is 0 Å². The number of rotatable bonds is 15. The molecule has 0 spiro atoms. The van der Waals surface area contributed by atoms with E-state index in [9.17, 15) is 19.5 Å². The van der Waals surface area contributed by atoms with Crippen LogP contribution in [-0.4, -0.2) is 77.9 Å². The van der Waals surface area contributed by atoms with Crippen molar-refractivity contribution < 1.29 is 19.5 Å². The number of aliphatic carboxylic acids is 1. The van der Waals surface area contributed by atoms with E-state index in [4.69, 9.17) is 0 Å². The fraction of sp³-hybridized carbons (Fsp3) is 0.270. The first-order valence-corrected chi connectivity index (χ1v) is 15.0. The molecule has 0 heterocycles. The molecule has 228 valence electrons. The van der Waals surface area contributed by atoms with E-state index in [-0.39, 0.29) is 24.8 Å². The summed E-state index contributed by atoms with van der Waals surface area (Å²) in [7, 11) is 3.97. The van der Waals surface area contributed by atoms with Crippen LogP contribution in [0.3, 0.4) is 0 Å². The average Bonchev–Trinajstić information content (AvgIpc) is 3.04. The van der Waals surface area contributed by atoms with Gasteiger partial charge < -0.3 is 19.8 Å². The maximum absolute atomic E-state index is 14.2. The van der Waals surface area contributed by atoms with Crippen LogP contribution < -0.4 is 0 Å². The second kappa shape index (κ2) is 16.2. The quantitative estimate of drug-likeness (QED) is 0.181. The van der Waals surface area contributed by atoms with E-state index in [2.05, 4.69) is 4.90 Å². The molecule has 0 saturated heterocycles. The summed E-state index contributed by atoms with van der Waals surface area (Å²) in [6, 6.07) is 34.6. The molecule has 0 saturated carbocycles. The van der Waals surface area contributed by atoms with E-state index in [1.165, 1.54) is 5.56 Å². The summed E-state index contributed by atoms with van der Waals surface area (Å²) in [5.74, 6) is -1.31. The fourth-order valence-electron chi connectivity index (χ4n) is 5.19. The van der Waals surface area contributed by atoms with E-state index < -0.39 is 5.97 Å². The van der Waals surface area contributed by atoms with Gasteiger partial charge in [-0.05, 0) is 61.3 Å². The van der Waals surface area contributed by atoms with Crippen molar-refractivity contribution in [3.8, 4) is 11.1 Å². The molecule has 0 unspecified atom stereocenters. The third-order valence-electron chi connectivity index (χ3n) is 7.54. The van der Waals surface area contributed by atoms with Crippen LogP contribution in [0.15, 0.2) is 109 Å². The van der Waals surface area contributed by atoms with Crippen molar-refractivity contribution in [2.75, 3.05) is 40.3 Å². The normalized spacial score (nSPS) is 10.9. The van der Waals surface area contributed by atoms with E-state index in [0.29, 0.717) is 54.9 Å². The minimum atomic E-state index is -0.952. The van der Waals surface area contributed by atoms with Crippen molar-refractivity contribution >= 4 is 17.8 Å². The zero-order valence-corrected chi connectivity index (χ0v) is 25.6. The summed E-state index contributed by atoms with van der Waals surface area (Å²) in [4.78, 5) is 45.2. The first-order chi connectivity index (χ1) is 21.3. The Morgan fingerprint density at radius 2 is 1.07 bits per heavy atom. The highest BCUT2D eigenvalue weighted by atomic mass is 16.4. The monoisotopic (exact) mass is 591 g/mol. The van der Waals surface area contributed by atoms with Crippen LogP contribution in [0.2, 0.25) is 0 Å². The van der Waals surface area contributed by atoms with Crippen molar-refractivity contribution in [3.05, 3.63) is 131 Å². The Kier molecular flexibility index (Phi) is 11.8. The number of carbonyl (C=O) groups excluding carboxylic acids is 2. The summed E-state index contributed by atoms with van der Waals surface area (Å²) in [6.07, 6.45) is 1.34. The smallest absolute Gasteiger partial charge is 0.305 e. The lowest BCUT2D eigenvalue weighted by Crippen LogP contribution is -2.36. The van der Waals surface area contributed by atoms with E-state index in [0.717, 1.165) is 12.0 Å². The average molecular weight is 592 g/mol. The molecule has 4 aromatic rings. The number of benzene rings is 4. The minimum absolute atomic E-state index is 0.104. The van der Waals surface area contributed by atoms with Crippen molar-refractivity contribution in [3.63, 3.8) is 0 Å². The Morgan fingerprint density at radius 1 is 0.568 bits per heavy atom. The molecule has 44 heavy (non-hydrogen) atoms. The Morgan fingerprint density at radius 3 is 1.61 bits per heavy atom. The van der Waals surface area contributed by atoms with Gasteiger partial charge in [0.05, 0.1) is 6.42 Å². The van der Waals surface area contributed by atoms with Crippen LogP contribution in [0.1, 0.15) is 44.7 Å². The first-order valence-electron chi connectivity index (χ1n) is 15.0. The predicted octanol–water partition coefficient (Wildman–Crippen LogP) is 6.11. The maximum Gasteiger partial charge on any atom is 0.305 e. The first kappa shape index (κ1) is 32.2. The van der Waals surface area contributed by atoms with Crippen molar-refractivity contribution in [1.29, 1.82) is 0 Å². The van der Waals surface area contributed by atoms with Crippen LogP contribution in [0, 0.1) is 0 Å². The molecule has 1 N–H and O–H groups in total. The van der Waals surface area contributed by atoms with Crippen LogP contribution in [-0.2, 0) is 17.8 Å². The minimum Gasteiger partial charge on any atom is -0.481 e. The van der Waals surface area contributed by atoms with Gasteiger partial charge in [0.25, 0.3) is 11.8 Å². The Labute approximate surface area is 260 Å². The Hall–Kier alpha value is -4.75. The fourth-order valence-corrected chi connectivity index (χ4v) is 5.19. The van der Waals surface area contributed by atoms with Gasteiger partial charge in [-0.1, -0.05) is 97.1 Å². The zero-order valence-electron chi connectivity index (χ0n) is 25.6. The lowest BCUT2D eigenvalue weighted by molar-refractivity contribution is -0.137. The Bertz CT molecular complexity index is 1520. The number of likely N-dealkylation sites (N-methyl/N-ethyl adjacent to an activating group) is 1. The molecule has 0 aliphatic carbocycles. The van der Waals surface area contributed by atoms with E-state index >= 15 is 0 Å². The molecular weight excluding hydrogens is 550 g/mol. The molecule has 0 aliphatic rings. The molecule has 0 fully saturated rings. The van der Waals surface area contributed by atoms with Gasteiger partial charge in [0.2, 0.25) is 0 Å². The molecule has 0 atom stereocenters. The van der Waals surface area contributed by atoms with Gasteiger partial charge in [0, 0.05) is 43.9 Å². The number of hydrogen-bond acceptors (Lipinski definition) is 4. The highest BCUT2D eigenvalue weighted by Gasteiger charge is 2.24. The molecule has 4 rings (SSSR count). The summed E-state index contributed by atoms with van der Waals surface area (Å²) >= 11 is 0. The predicted molar refractivity (Wildman–Crippen MR) is 175 cm³/mol. The van der Waals surface area contributed by atoms with Crippen LogP contribution in [0.4, 0.5) is 0 Å². The van der Waals surface area contributed by atoms with Gasteiger partial charge in [0.1, 0.15) is 0 Å². The molecule has 0 aliphatic heterocycles. The lowest BCUT2D eigenvalue weighted by Gasteiger charge is -2.26. The van der Waals surface area contributed by atoms with E-state index in [1.54, 1.807) is 17.0 Å². The Balaban J connectivity index is 1.64. The second-order valence-electron chi connectivity index (χ2n) is 11.1. The maximum atomic E-state index is 14.2. The molecule has 0 aromatic heterocycles. The molecular formula is C37H41N3O4. The topological polar surface area (TPSA) is 81.2 Å². The number of carboxylic acid groups (broad SMARTS) is 1. The van der Waals surface area contributed by atoms with Gasteiger partial charge in [-0.3, -0.25) is 14.4 Å². The highest BCUT2D eigenvalue weighted by molar-refractivity contribution is 6.06. The number of nitrogens with zero attached hydrogens (tertiary/aromatic N) is 3. The molecule has 0 bridgehead atoms. The number of amides is 2. The van der Waals surface area contributed by atoms with Gasteiger partial charge >= 0.3 is 5.97 Å². The van der Waals surface area contributed by atoms with Crippen LogP contribution in [0.25, 0.3) is 11.1 Å². The van der Waals surface area contributed by atoms with Gasteiger partial charge in [-0.15, -0.1) is 0 Å².